The normalized spacial score (nSPS) is 18.8. The van der Waals surface area contributed by atoms with E-state index in [0.29, 0.717) is 26.2 Å². The third kappa shape index (κ3) is 4.72. The molecule has 0 aromatic carbocycles. The van der Waals surface area contributed by atoms with E-state index in [4.69, 9.17) is 0 Å². The molecule has 25 heavy (non-hydrogen) atoms. The molecular weight excluding hydrogens is 387 g/mol. The van der Waals surface area contributed by atoms with Gasteiger partial charge in [0.05, 0.1) is 5.69 Å². The summed E-state index contributed by atoms with van der Waals surface area (Å²) in [4.78, 5) is 11.1. The van der Waals surface area contributed by atoms with Crippen LogP contribution in [0.2, 0.25) is 0 Å². The van der Waals surface area contributed by atoms with Crippen molar-refractivity contribution in [1.29, 1.82) is 0 Å². The third-order valence-electron chi connectivity index (χ3n) is 4.43. The summed E-state index contributed by atoms with van der Waals surface area (Å²) in [5.41, 5.74) is 2.32. The minimum Gasteiger partial charge on any atom is -0.354 e. The van der Waals surface area contributed by atoms with E-state index in [0.717, 1.165) is 37.4 Å². The minimum atomic E-state index is -3.33. The van der Waals surface area contributed by atoms with Gasteiger partial charge < -0.3 is 10.2 Å². The van der Waals surface area contributed by atoms with Crippen LogP contribution in [0, 0.1) is 0 Å². The lowest BCUT2D eigenvalue weighted by atomic mass is 10.1. The van der Waals surface area contributed by atoms with E-state index in [9.17, 15) is 8.42 Å². The van der Waals surface area contributed by atoms with Crippen LogP contribution in [0.1, 0.15) is 11.3 Å². The number of aromatic nitrogens is 2. The van der Waals surface area contributed by atoms with Crippen molar-refractivity contribution in [1.82, 2.24) is 23.9 Å². The Morgan fingerprint density at radius 2 is 1.68 bits per heavy atom. The Morgan fingerprint density at radius 3 is 2.32 bits per heavy atom. The molecule has 0 spiro atoms. The van der Waals surface area contributed by atoms with Gasteiger partial charge in [-0.3, -0.25) is 0 Å². The molecule has 8 nitrogen and oxygen atoms in total. The van der Waals surface area contributed by atoms with Crippen molar-refractivity contribution in [2.75, 3.05) is 58.3 Å². The maximum absolute atomic E-state index is 12.2. The fourth-order valence-corrected chi connectivity index (χ4v) is 4.18. The first-order valence-electron chi connectivity index (χ1n) is 7.96. The predicted molar refractivity (Wildman–Crippen MR) is 103 cm³/mol. The number of fused-ring (bicyclic) bond motifs is 1. The zero-order chi connectivity index (χ0) is 16.4. The average Bonchev–Trinajstić information content (AvgIpc) is 2.80. The molecule has 3 rings (SSSR count). The molecule has 0 radical (unpaired) electrons. The van der Waals surface area contributed by atoms with E-state index in [1.165, 1.54) is 14.2 Å². The predicted octanol–water partition coefficient (Wildman–Crippen LogP) is -0.0632. The highest BCUT2D eigenvalue weighted by molar-refractivity contribution is 7.86. The lowest BCUT2D eigenvalue weighted by Gasteiger charge is -2.36. The van der Waals surface area contributed by atoms with Crippen LogP contribution in [-0.2, 0) is 23.1 Å². The van der Waals surface area contributed by atoms with Crippen LogP contribution >= 0.6 is 24.8 Å². The first-order valence-corrected chi connectivity index (χ1v) is 9.36. The summed E-state index contributed by atoms with van der Waals surface area (Å²) in [5.74, 6) is 0.973. The Kier molecular flexibility index (Phi) is 8.30. The topological polar surface area (TPSA) is 81.7 Å². The maximum atomic E-state index is 12.2. The molecule has 11 heteroatoms. The quantitative estimate of drug-likeness (QED) is 0.748. The van der Waals surface area contributed by atoms with Gasteiger partial charge >= 0.3 is 0 Å². The van der Waals surface area contributed by atoms with Crippen molar-refractivity contribution >= 4 is 40.8 Å². The number of nitrogens with zero attached hydrogens (tertiary/aromatic N) is 5. The smallest absolute Gasteiger partial charge is 0.281 e. The van der Waals surface area contributed by atoms with E-state index in [2.05, 4.69) is 20.2 Å². The number of halogens is 2. The van der Waals surface area contributed by atoms with E-state index < -0.39 is 10.2 Å². The number of hydrogen-bond acceptors (Lipinski definition) is 6. The van der Waals surface area contributed by atoms with Gasteiger partial charge in [0.15, 0.2) is 0 Å². The van der Waals surface area contributed by atoms with Crippen LogP contribution < -0.4 is 10.2 Å². The molecule has 1 saturated heterocycles. The summed E-state index contributed by atoms with van der Waals surface area (Å²) < 4.78 is 27.2. The molecule has 144 valence electrons. The molecule has 2 aliphatic rings. The SMILES string of the molecule is CN(C)S(=O)(=O)N1CCN(c2ncnc3c2CCNCC3)CC1.Cl.Cl. The first kappa shape index (κ1) is 22.3. The van der Waals surface area contributed by atoms with Gasteiger partial charge in [0.25, 0.3) is 10.2 Å². The maximum Gasteiger partial charge on any atom is 0.281 e. The second kappa shape index (κ2) is 9.29. The van der Waals surface area contributed by atoms with Gasteiger partial charge in [-0.2, -0.15) is 17.0 Å². The molecule has 0 bridgehead atoms. The van der Waals surface area contributed by atoms with Crippen molar-refractivity contribution in [3.05, 3.63) is 17.6 Å². The van der Waals surface area contributed by atoms with Gasteiger partial charge in [-0.15, -0.1) is 24.8 Å². The van der Waals surface area contributed by atoms with Gasteiger partial charge in [-0.25, -0.2) is 9.97 Å². The summed E-state index contributed by atoms with van der Waals surface area (Å²) >= 11 is 0. The summed E-state index contributed by atoms with van der Waals surface area (Å²) in [6.07, 6.45) is 3.46. The largest absolute Gasteiger partial charge is 0.354 e. The van der Waals surface area contributed by atoms with Gasteiger partial charge in [0, 0.05) is 58.8 Å². The number of rotatable bonds is 3. The Morgan fingerprint density at radius 1 is 1.04 bits per heavy atom. The molecule has 1 aromatic heterocycles. The molecule has 0 unspecified atom stereocenters. The number of nitrogens with one attached hydrogen (secondary N) is 1. The average molecular weight is 413 g/mol. The van der Waals surface area contributed by atoms with Crippen LogP contribution in [0.5, 0.6) is 0 Å². The van der Waals surface area contributed by atoms with E-state index in [1.54, 1.807) is 20.4 Å². The molecule has 3 heterocycles. The summed E-state index contributed by atoms with van der Waals surface area (Å²) in [6.45, 7) is 4.16. The summed E-state index contributed by atoms with van der Waals surface area (Å²) in [7, 11) is -0.195. The van der Waals surface area contributed by atoms with Crippen LogP contribution in [0.4, 0.5) is 5.82 Å². The Hall–Kier alpha value is -0.710. The van der Waals surface area contributed by atoms with E-state index >= 15 is 0 Å². The van der Waals surface area contributed by atoms with Crippen molar-refractivity contribution in [3.8, 4) is 0 Å². The Balaban J connectivity index is 0.00000156. The van der Waals surface area contributed by atoms with Gasteiger partial charge in [0.2, 0.25) is 0 Å². The Bertz CT molecular complexity index is 665. The van der Waals surface area contributed by atoms with Crippen LogP contribution in [0.3, 0.4) is 0 Å². The molecule has 0 aliphatic carbocycles. The second-order valence-corrected chi connectivity index (χ2v) is 8.19. The molecule has 1 N–H and O–H groups in total. The molecular formula is C14H26Cl2N6O2S. The summed E-state index contributed by atoms with van der Waals surface area (Å²) in [5, 5.41) is 3.38. The van der Waals surface area contributed by atoms with Gasteiger partial charge in [-0.1, -0.05) is 0 Å². The molecule has 0 amide bonds. The summed E-state index contributed by atoms with van der Waals surface area (Å²) in [6, 6.07) is 0. The third-order valence-corrected chi connectivity index (χ3v) is 6.37. The van der Waals surface area contributed by atoms with Crippen LogP contribution in [0.15, 0.2) is 6.33 Å². The van der Waals surface area contributed by atoms with Crippen molar-refractivity contribution in [2.45, 2.75) is 12.8 Å². The van der Waals surface area contributed by atoms with E-state index in [-0.39, 0.29) is 24.8 Å². The highest BCUT2D eigenvalue weighted by atomic mass is 35.5. The van der Waals surface area contributed by atoms with Crippen LogP contribution in [0.25, 0.3) is 0 Å². The van der Waals surface area contributed by atoms with Crippen molar-refractivity contribution in [2.24, 2.45) is 0 Å². The lowest BCUT2D eigenvalue weighted by molar-refractivity contribution is 0.354. The fourth-order valence-electron chi connectivity index (χ4n) is 3.09. The van der Waals surface area contributed by atoms with Gasteiger partial charge in [-0.05, 0) is 13.0 Å². The number of anilines is 1. The number of hydrogen-bond donors (Lipinski definition) is 1. The fraction of sp³-hybridized carbons (Fsp3) is 0.714. The van der Waals surface area contributed by atoms with E-state index in [1.807, 2.05) is 0 Å². The standard InChI is InChI=1S/C14H24N6O2S.2ClH/c1-18(2)23(21,22)20-9-7-19(8-10-20)14-12-3-5-15-6-4-13(12)16-11-17-14;;/h11,15H,3-10H2,1-2H3;2*1H. The van der Waals surface area contributed by atoms with Crippen molar-refractivity contribution < 1.29 is 8.42 Å². The number of piperazine rings is 1. The molecule has 2 aliphatic heterocycles. The van der Waals surface area contributed by atoms with Crippen molar-refractivity contribution in [3.63, 3.8) is 0 Å². The highest BCUT2D eigenvalue weighted by Gasteiger charge is 2.30. The monoisotopic (exact) mass is 412 g/mol. The zero-order valence-electron chi connectivity index (χ0n) is 14.5. The van der Waals surface area contributed by atoms with Crippen LogP contribution in [-0.4, -0.2) is 80.4 Å². The molecule has 0 saturated carbocycles. The molecule has 1 fully saturated rings. The van der Waals surface area contributed by atoms with Gasteiger partial charge in [0.1, 0.15) is 12.1 Å². The molecule has 1 aromatic rings. The molecule has 0 atom stereocenters. The first-order chi connectivity index (χ1) is 11.0. The highest BCUT2D eigenvalue weighted by Crippen LogP contribution is 2.24. The lowest BCUT2D eigenvalue weighted by Crippen LogP contribution is -2.52. The second-order valence-electron chi connectivity index (χ2n) is 6.05. The Labute approximate surface area is 162 Å². The zero-order valence-corrected chi connectivity index (χ0v) is 17.0. The minimum absolute atomic E-state index is 0.